The number of fused-ring (bicyclic) bond motifs is 1. The zero-order chi connectivity index (χ0) is 14.7. The summed E-state index contributed by atoms with van der Waals surface area (Å²) >= 11 is 3.36. The van der Waals surface area contributed by atoms with E-state index in [0.717, 1.165) is 10.9 Å². The van der Waals surface area contributed by atoms with Crippen LogP contribution in [-0.4, -0.2) is 16.1 Å². The Bertz CT molecular complexity index is 677. The minimum atomic E-state index is -0.936. The molecule has 0 aliphatic rings. The highest BCUT2D eigenvalue weighted by molar-refractivity contribution is 9.10. The molecule has 0 spiro atoms. The molecule has 4 heteroatoms. The molecule has 0 aliphatic carbocycles. The number of halogens is 1. The molecule has 2 rings (SSSR count). The number of aromatic nitrogens is 1. The maximum absolute atomic E-state index is 11.4. The van der Waals surface area contributed by atoms with Crippen LogP contribution in [0.3, 0.4) is 0 Å². The Labute approximate surface area is 126 Å². The molecule has 0 atom stereocenters. The summed E-state index contributed by atoms with van der Waals surface area (Å²) in [6.45, 7) is 4.27. The number of hydrogen-bond donors (Lipinski definition) is 1. The van der Waals surface area contributed by atoms with Crippen LogP contribution in [0.4, 0.5) is 0 Å². The van der Waals surface area contributed by atoms with Crippen molar-refractivity contribution in [2.45, 2.75) is 20.3 Å². The quantitative estimate of drug-likeness (QED) is 0.877. The number of allylic oxidation sites excluding steroid dienone is 1. The lowest BCUT2D eigenvalue weighted by atomic mass is 10.1. The fraction of sp³-hybridized carbons (Fsp3) is 0.250. The number of benzene rings is 1. The zero-order valence-corrected chi connectivity index (χ0v) is 13.0. The molecule has 3 nitrogen and oxygen atoms in total. The van der Waals surface area contributed by atoms with Gasteiger partial charge in [-0.2, -0.15) is 0 Å². The van der Waals surface area contributed by atoms with Gasteiger partial charge < -0.3 is 5.11 Å². The summed E-state index contributed by atoms with van der Waals surface area (Å²) < 4.78 is 0.845. The summed E-state index contributed by atoms with van der Waals surface area (Å²) in [4.78, 5) is 15.9. The molecule has 0 radical (unpaired) electrons. The van der Waals surface area contributed by atoms with E-state index in [4.69, 9.17) is 0 Å². The van der Waals surface area contributed by atoms with Crippen LogP contribution >= 0.6 is 15.9 Å². The van der Waals surface area contributed by atoms with Gasteiger partial charge in [-0.3, -0.25) is 0 Å². The van der Waals surface area contributed by atoms with Gasteiger partial charge in [0.05, 0.1) is 16.8 Å². The average molecular weight is 334 g/mol. The van der Waals surface area contributed by atoms with Crippen LogP contribution in [0.1, 0.15) is 36.3 Å². The molecule has 0 unspecified atom stereocenters. The summed E-state index contributed by atoms with van der Waals surface area (Å²) in [6, 6.07) is 7.09. The number of carboxylic acid groups (broad SMARTS) is 1. The first-order valence-electron chi connectivity index (χ1n) is 6.47. The van der Waals surface area contributed by atoms with Gasteiger partial charge in [0, 0.05) is 9.86 Å². The normalized spacial score (nSPS) is 11.6. The van der Waals surface area contributed by atoms with Crippen molar-refractivity contribution in [3.05, 3.63) is 46.1 Å². The Hall–Kier alpha value is -1.68. The molecule has 0 saturated heterocycles. The predicted molar refractivity (Wildman–Crippen MR) is 84.9 cm³/mol. The maximum atomic E-state index is 11.4. The second-order valence-electron chi connectivity index (χ2n) is 5.09. The summed E-state index contributed by atoms with van der Waals surface area (Å²) in [5.74, 6) is -0.365. The molecule has 0 fully saturated rings. The molecule has 0 aliphatic heterocycles. The van der Waals surface area contributed by atoms with E-state index in [1.807, 2.05) is 24.3 Å². The van der Waals surface area contributed by atoms with Crippen molar-refractivity contribution >= 4 is 38.9 Å². The van der Waals surface area contributed by atoms with Gasteiger partial charge in [-0.15, -0.1) is 0 Å². The minimum absolute atomic E-state index is 0.278. The van der Waals surface area contributed by atoms with E-state index >= 15 is 0 Å². The Morgan fingerprint density at radius 2 is 2.15 bits per heavy atom. The van der Waals surface area contributed by atoms with Crippen LogP contribution in [0.5, 0.6) is 0 Å². The third-order valence-electron chi connectivity index (χ3n) is 2.92. The molecule has 1 heterocycles. The lowest BCUT2D eigenvalue weighted by Gasteiger charge is -2.05. The van der Waals surface area contributed by atoms with Crippen LogP contribution in [0.25, 0.3) is 17.0 Å². The first-order valence-corrected chi connectivity index (χ1v) is 7.27. The van der Waals surface area contributed by atoms with Gasteiger partial charge in [-0.1, -0.05) is 35.9 Å². The highest BCUT2D eigenvalue weighted by Crippen LogP contribution is 2.23. The van der Waals surface area contributed by atoms with E-state index in [1.54, 1.807) is 12.1 Å². The maximum Gasteiger partial charge on any atom is 0.336 e. The van der Waals surface area contributed by atoms with E-state index < -0.39 is 5.97 Å². The zero-order valence-electron chi connectivity index (χ0n) is 11.4. The number of carbonyl (C=O) groups is 1. The lowest BCUT2D eigenvalue weighted by Crippen LogP contribution is -2.00. The van der Waals surface area contributed by atoms with Crippen LogP contribution < -0.4 is 0 Å². The topological polar surface area (TPSA) is 50.2 Å². The van der Waals surface area contributed by atoms with Crippen molar-refractivity contribution in [2.75, 3.05) is 0 Å². The second kappa shape index (κ2) is 6.18. The van der Waals surface area contributed by atoms with Crippen LogP contribution in [0, 0.1) is 5.92 Å². The highest BCUT2D eigenvalue weighted by atomic mass is 79.9. The Balaban J connectivity index is 2.51. The summed E-state index contributed by atoms with van der Waals surface area (Å²) in [5, 5.41) is 9.99. The molecule has 2 aromatic rings. The number of nitrogens with zero attached hydrogens (tertiary/aromatic N) is 1. The van der Waals surface area contributed by atoms with Crippen molar-refractivity contribution in [2.24, 2.45) is 5.92 Å². The van der Waals surface area contributed by atoms with E-state index in [1.165, 1.54) is 0 Å². The number of hydrogen-bond acceptors (Lipinski definition) is 2. The lowest BCUT2D eigenvalue weighted by molar-refractivity contribution is 0.0699. The van der Waals surface area contributed by atoms with Gasteiger partial charge in [0.1, 0.15) is 0 Å². The number of rotatable bonds is 4. The van der Waals surface area contributed by atoms with E-state index in [2.05, 4.69) is 34.8 Å². The number of pyridine rings is 1. The van der Waals surface area contributed by atoms with E-state index in [-0.39, 0.29) is 5.56 Å². The van der Waals surface area contributed by atoms with E-state index in [0.29, 0.717) is 22.5 Å². The smallest absolute Gasteiger partial charge is 0.336 e. The predicted octanol–water partition coefficient (Wildman–Crippen LogP) is 4.75. The monoisotopic (exact) mass is 333 g/mol. The van der Waals surface area contributed by atoms with Gasteiger partial charge in [0.25, 0.3) is 0 Å². The Kier molecular flexibility index (Phi) is 4.55. The van der Waals surface area contributed by atoms with Crippen molar-refractivity contribution < 1.29 is 9.90 Å². The van der Waals surface area contributed by atoms with Crippen LogP contribution in [0.15, 0.2) is 34.8 Å². The van der Waals surface area contributed by atoms with Gasteiger partial charge in [0.15, 0.2) is 0 Å². The van der Waals surface area contributed by atoms with Gasteiger partial charge in [-0.05, 0) is 42.7 Å². The molecular weight excluding hydrogens is 318 g/mol. The molecule has 1 aromatic carbocycles. The van der Waals surface area contributed by atoms with Crippen molar-refractivity contribution in [1.82, 2.24) is 4.98 Å². The van der Waals surface area contributed by atoms with Gasteiger partial charge in [-0.25, -0.2) is 9.78 Å². The molecule has 104 valence electrons. The SMILES string of the molecule is CC(C)CC=Cc1cc(C(=O)O)c2cc(Br)ccc2n1. The number of aromatic carboxylic acids is 1. The van der Waals surface area contributed by atoms with Crippen LogP contribution in [-0.2, 0) is 0 Å². The van der Waals surface area contributed by atoms with Crippen LogP contribution in [0.2, 0.25) is 0 Å². The summed E-state index contributed by atoms with van der Waals surface area (Å²) in [6.07, 6.45) is 4.86. The molecule has 1 N–H and O–H groups in total. The summed E-state index contributed by atoms with van der Waals surface area (Å²) in [7, 11) is 0. The molecule has 0 amide bonds. The van der Waals surface area contributed by atoms with Crippen molar-refractivity contribution in [1.29, 1.82) is 0 Å². The fourth-order valence-corrected chi connectivity index (χ4v) is 2.30. The minimum Gasteiger partial charge on any atom is -0.478 e. The molecule has 20 heavy (non-hydrogen) atoms. The summed E-state index contributed by atoms with van der Waals surface area (Å²) in [5.41, 5.74) is 1.65. The van der Waals surface area contributed by atoms with E-state index in [9.17, 15) is 9.90 Å². The molecule has 0 bridgehead atoms. The third-order valence-corrected chi connectivity index (χ3v) is 3.41. The Morgan fingerprint density at radius 3 is 2.80 bits per heavy atom. The van der Waals surface area contributed by atoms with Crippen molar-refractivity contribution in [3.8, 4) is 0 Å². The second-order valence-corrected chi connectivity index (χ2v) is 6.01. The third kappa shape index (κ3) is 3.45. The molecule has 1 aromatic heterocycles. The standard InChI is InChI=1S/C16H16BrNO2/c1-10(2)4-3-5-12-9-14(16(19)20)13-8-11(17)6-7-15(13)18-12/h3,5-10H,4H2,1-2H3,(H,19,20). The Morgan fingerprint density at radius 1 is 1.40 bits per heavy atom. The fourth-order valence-electron chi connectivity index (χ4n) is 1.94. The first-order chi connectivity index (χ1) is 9.47. The first kappa shape index (κ1) is 14.7. The highest BCUT2D eigenvalue weighted by Gasteiger charge is 2.11. The van der Waals surface area contributed by atoms with Crippen molar-refractivity contribution in [3.63, 3.8) is 0 Å². The molecular formula is C16H16BrNO2. The van der Waals surface area contributed by atoms with Gasteiger partial charge >= 0.3 is 5.97 Å². The average Bonchev–Trinajstić information content (AvgIpc) is 2.37. The largest absolute Gasteiger partial charge is 0.478 e. The van der Waals surface area contributed by atoms with Gasteiger partial charge in [0.2, 0.25) is 0 Å². The number of carboxylic acids is 1. The molecule has 0 saturated carbocycles.